The van der Waals surface area contributed by atoms with Gasteiger partial charge < -0.3 is 15.7 Å². The van der Waals surface area contributed by atoms with Crippen LogP contribution >= 0.6 is 0 Å². The highest BCUT2D eigenvalue weighted by Crippen LogP contribution is 2.22. The summed E-state index contributed by atoms with van der Waals surface area (Å²) in [5.41, 5.74) is 7.61. The number of aryl methyl sites for hydroxylation is 2. The van der Waals surface area contributed by atoms with Gasteiger partial charge in [-0.3, -0.25) is 0 Å². The number of benzene rings is 1. The monoisotopic (exact) mass is 222 g/mol. The second-order valence-electron chi connectivity index (χ2n) is 3.76. The molecule has 0 aromatic heterocycles. The summed E-state index contributed by atoms with van der Waals surface area (Å²) in [5.74, 6) is 1.17. The Bertz CT molecular complexity index is 355. The molecule has 88 valence electrons. The third kappa shape index (κ3) is 3.46. The maximum absolute atomic E-state index is 8.36. The Morgan fingerprint density at radius 2 is 2.00 bits per heavy atom. The zero-order valence-corrected chi connectivity index (χ0v) is 9.73. The number of hydrogen-bond acceptors (Lipinski definition) is 3. The smallest absolute Gasteiger partial charge is 0.139 e. The SMILES string of the molecule is Cc1cccc(C)c1OCCC/C(N)=N/O. The minimum absolute atomic E-state index is 0.241. The van der Waals surface area contributed by atoms with Crippen LogP contribution in [0, 0.1) is 13.8 Å². The molecule has 1 aromatic carbocycles. The predicted molar refractivity (Wildman–Crippen MR) is 64.1 cm³/mol. The molecule has 0 aliphatic carbocycles. The third-order valence-electron chi connectivity index (χ3n) is 2.36. The zero-order valence-electron chi connectivity index (χ0n) is 9.73. The summed E-state index contributed by atoms with van der Waals surface area (Å²) in [5, 5.41) is 11.3. The Hall–Kier alpha value is -1.71. The summed E-state index contributed by atoms with van der Waals surface area (Å²) in [6, 6.07) is 6.05. The molecule has 0 aliphatic rings. The van der Waals surface area contributed by atoms with Crippen LogP contribution in [0.5, 0.6) is 5.75 Å². The average Bonchev–Trinajstić information content (AvgIpc) is 2.27. The quantitative estimate of drug-likeness (QED) is 0.264. The van der Waals surface area contributed by atoms with Crippen LogP contribution in [-0.4, -0.2) is 17.6 Å². The molecule has 0 spiro atoms. The Morgan fingerprint density at radius 3 is 2.56 bits per heavy atom. The summed E-state index contributed by atoms with van der Waals surface area (Å²) >= 11 is 0. The van der Waals surface area contributed by atoms with Crippen molar-refractivity contribution < 1.29 is 9.94 Å². The molecule has 1 aromatic rings. The largest absolute Gasteiger partial charge is 0.493 e. The van der Waals surface area contributed by atoms with Crippen LogP contribution < -0.4 is 10.5 Å². The first-order chi connectivity index (χ1) is 7.65. The van der Waals surface area contributed by atoms with E-state index in [9.17, 15) is 0 Å². The van der Waals surface area contributed by atoms with Gasteiger partial charge in [0.05, 0.1) is 6.61 Å². The minimum atomic E-state index is 0.241. The number of ether oxygens (including phenoxy) is 1. The first kappa shape index (κ1) is 12.4. The Kier molecular flexibility index (Phi) is 4.64. The molecule has 0 aliphatic heterocycles. The number of rotatable bonds is 5. The predicted octanol–water partition coefficient (Wildman–Crippen LogP) is 2.21. The molecule has 3 N–H and O–H groups in total. The van der Waals surface area contributed by atoms with E-state index in [4.69, 9.17) is 15.7 Å². The van der Waals surface area contributed by atoms with E-state index in [0.29, 0.717) is 13.0 Å². The fourth-order valence-corrected chi connectivity index (χ4v) is 1.50. The van der Waals surface area contributed by atoms with Gasteiger partial charge in [-0.25, -0.2) is 0 Å². The topological polar surface area (TPSA) is 67.8 Å². The van der Waals surface area contributed by atoms with E-state index in [1.54, 1.807) is 0 Å². The molecule has 0 radical (unpaired) electrons. The van der Waals surface area contributed by atoms with Crippen molar-refractivity contribution in [1.29, 1.82) is 0 Å². The minimum Gasteiger partial charge on any atom is -0.493 e. The fraction of sp³-hybridized carbons (Fsp3) is 0.417. The van der Waals surface area contributed by atoms with E-state index in [0.717, 1.165) is 23.3 Å². The van der Waals surface area contributed by atoms with Gasteiger partial charge in [0.15, 0.2) is 0 Å². The summed E-state index contributed by atoms with van der Waals surface area (Å²) in [6.45, 7) is 4.61. The Labute approximate surface area is 95.7 Å². The Morgan fingerprint density at radius 1 is 1.38 bits per heavy atom. The van der Waals surface area contributed by atoms with Crippen molar-refractivity contribution in [2.75, 3.05) is 6.61 Å². The molecule has 0 atom stereocenters. The van der Waals surface area contributed by atoms with E-state index in [2.05, 4.69) is 5.16 Å². The number of amidine groups is 1. The lowest BCUT2D eigenvalue weighted by molar-refractivity contribution is 0.303. The van der Waals surface area contributed by atoms with Crippen LogP contribution in [0.25, 0.3) is 0 Å². The second-order valence-corrected chi connectivity index (χ2v) is 3.76. The van der Waals surface area contributed by atoms with Gasteiger partial charge in [0.25, 0.3) is 0 Å². The van der Waals surface area contributed by atoms with Crippen LogP contribution in [0.2, 0.25) is 0 Å². The van der Waals surface area contributed by atoms with Crippen LogP contribution in [0.3, 0.4) is 0 Å². The maximum Gasteiger partial charge on any atom is 0.139 e. The molecule has 0 saturated heterocycles. The standard InChI is InChI=1S/C12H18N2O2/c1-9-5-3-6-10(2)12(9)16-8-4-7-11(13)14-15/h3,5-6,15H,4,7-8H2,1-2H3,(H2,13,14). The molecule has 0 heterocycles. The van der Waals surface area contributed by atoms with E-state index < -0.39 is 0 Å². The molecule has 0 saturated carbocycles. The molecule has 4 heteroatoms. The first-order valence-corrected chi connectivity index (χ1v) is 5.30. The average molecular weight is 222 g/mol. The molecule has 0 bridgehead atoms. The number of nitrogens with two attached hydrogens (primary N) is 1. The van der Waals surface area contributed by atoms with Crippen molar-refractivity contribution in [1.82, 2.24) is 0 Å². The van der Waals surface area contributed by atoms with Gasteiger partial charge in [0, 0.05) is 6.42 Å². The van der Waals surface area contributed by atoms with Crippen molar-refractivity contribution in [2.45, 2.75) is 26.7 Å². The molecule has 0 unspecified atom stereocenters. The summed E-state index contributed by atoms with van der Waals surface area (Å²) < 4.78 is 5.67. The summed E-state index contributed by atoms with van der Waals surface area (Å²) in [7, 11) is 0. The van der Waals surface area contributed by atoms with Gasteiger partial charge in [-0.15, -0.1) is 0 Å². The lowest BCUT2D eigenvalue weighted by Crippen LogP contribution is -2.13. The molecular formula is C12H18N2O2. The van der Waals surface area contributed by atoms with Crippen molar-refractivity contribution in [3.8, 4) is 5.75 Å². The van der Waals surface area contributed by atoms with E-state index in [1.807, 2.05) is 32.0 Å². The number of hydrogen-bond donors (Lipinski definition) is 2. The van der Waals surface area contributed by atoms with Gasteiger partial charge in [0.2, 0.25) is 0 Å². The molecule has 0 fully saturated rings. The molecule has 16 heavy (non-hydrogen) atoms. The lowest BCUT2D eigenvalue weighted by Gasteiger charge is -2.11. The number of oxime groups is 1. The first-order valence-electron chi connectivity index (χ1n) is 5.30. The fourth-order valence-electron chi connectivity index (χ4n) is 1.50. The normalized spacial score (nSPS) is 11.5. The van der Waals surface area contributed by atoms with Crippen molar-refractivity contribution in [2.24, 2.45) is 10.9 Å². The molecule has 4 nitrogen and oxygen atoms in total. The van der Waals surface area contributed by atoms with Crippen LogP contribution in [-0.2, 0) is 0 Å². The second kappa shape index (κ2) is 6.00. The van der Waals surface area contributed by atoms with Crippen LogP contribution in [0.4, 0.5) is 0 Å². The van der Waals surface area contributed by atoms with E-state index in [-0.39, 0.29) is 5.84 Å². The van der Waals surface area contributed by atoms with Crippen LogP contribution in [0.15, 0.2) is 23.4 Å². The van der Waals surface area contributed by atoms with Crippen molar-refractivity contribution in [3.05, 3.63) is 29.3 Å². The van der Waals surface area contributed by atoms with E-state index in [1.165, 1.54) is 0 Å². The highest BCUT2D eigenvalue weighted by atomic mass is 16.5. The van der Waals surface area contributed by atoms with Gasteiger partial charge in [-0.1, -0.05) is 23.4 Å². The lowest BCUT2D eigenvalue weighted by atomic mass is 10.1. The van der Waals surface area contributed by atoms with Crippen LogP contribution in [0.1, 0.15) is 24.0 Å². The summed E-state index contributed by atoms with van der Waals surface area (Å²) in [6.07, 6.45) is 1.28. The number of nitrogens with zero attached hydrogens (tertiary/aromatic N) is 1. The van der Waals surface area contributed by atoms with Gasteiger partial charge in [-0.05, 0) is 31.4 Å². The molecular weight excluding hydrogens is 204 g/mol. The van der Waals surface area contributed by atoms with Crippen molar-refractivity contribution in [3.63, 3.8) is 0 Å². The summed E-state index contributed by atoms with van der Waals surface area (Å²) in [4.78, 5) is 0. The Balaban J connectivity index is 2.43. The molecule has 1 rings (SSSR count). The maximum atomic E-state index is 8.36. The zero-order chi connectivity index (χ0) is 12.0. The van der Waals surface area contributed by atoms with Gasteiger partial charge in [0.1, 0.15) is 11.6 Å². The highest BCUT2D eigenvalue weighted by Gasteiger charge is 2.02. The van der Waals surface area contributed by atoms with E-state index >= 15 is 0 Å². The third-order valence-corrected chi connectivity index (χ3v) is 2.36. The number of para-hydroxylation sites is 1. The van der Waals surface area contributed by atoms with Gasteiger partial charge in [-0.2, -0.15) is 0 Å². The molecule has 0 amide bonds. The highest BCUT2D eigenvalue weighted by molar-refractivity contribution is 5.79. The van der Waals surface area contributed by atoms with Gasteiger partial charge >= 0.3 is 0 Å². The van der Waals surface area contributed by atoms with Crippen molar-refractivity contribution >= 4 is 5.84 Å².